The zero-order valence-corrected chi connectivity index (χ0v) is 10.9. The van der Waals surface area contributed by atoms with Crippen LogP contribution in [-0.2, 0) is 0 Å². The van der Waals surface area contributed by atoms with E-state index in [2.05, 4.69) is 36.3 Å². The van der Waals surface area contributed by atoms with Gasteiger partial charge in [-0.3, -0.25) is 4.68 Å². The van der Waals surface area contributed by atoms with Crippen LogP contribution in [0.15, 0.2) is 60.8 Å². The van der Waals surface area contributed by atoms with Crippen LogP contribution in [0.3, 0.4) is 0 Å². The molecule has 2 unspecified atom stereocenters. The molecule has 3 rings (SSSR count). The highest BCUT2D eigenvalue weighted by atomic mass is 15.3. The number of hydrogen-bond donors (Lipinski definition) is 1. The predicted molar refractivity (Wildman–Crippen MR) is 77.8 cm³/mol. The van der Waals surface area contributed by atoms with Crippen molar-refractivity contribution < 1.29 is 0 Å². The summed E-state index contributed by atoms with van der Waals surface area (Å²) in [6, 6.07) is 18.4. The van der Waals surface area contributed by atoms with E-state index in [0.29, 0.717) is 0 Å². The SMILES string of the molecule is CC(C(N)c1ccccc1)n1ncc2ccccc21. The molecule has 0 amide bonds. The fraction of sp³-hybridized carbons (Fsp3) is 0.188. The zero-order valence-electron chi connectivity index (χ0n) is 10.9. The zero-order chi connectivity index (χ0) is 13.2. The second-order valence-electron chi connectivity index (χ2n) is 4.83. The number of benzene rings is 2. The van der Waals surface area contributed by atoms with Gasteiger partial charge in [0, 0.05) is 5.39 Å². The molecule has 1 heterocycles. The minimum atomic E-state index is -0.0653. The van der Waals surface area contributed by atoms with Gasteiger partial charge < -0.3 is 5.73 Å². The van der Waals surface area contributed by atoms with E-state index >= 15 is 0 Å². The van der Waals surface area contributed by atoms with E-state index < -0.39 is 0 Å². The summed E-state index contributed by atoms with van der Waals surface area (Å²) in [5, 5.41) is 5.63. The van der Waals surface area contributed by atoms with Crippen LogP contribution < -0.4 is 5.73 Å². The van der Waals surface area contributed by atoms with Gasteiger partial charge >= 0.3 is 0 Å². The van der Waals surface area contributed by atoms with E-state index in [1.807, 2.05) is 41.2 Å². The summed E-state index contributed by atoms with van der Waals surface area (Å²) >= 11 is 0. The van der Waals surface area contributed by atoms with E-state index in [4.69, 9.17) is 5.73 Å². The number of para-hydroxylation sites is 1. The van der Waals surface area contributed by atoms with Crippen molar-refractivity contribution in [3.63, 3.8) is 0 Å². The van der Waals surface area contributed by atoms with Crippen LogP contribution in [0, 0.1) is 0 Å². The van der Waals surface area contributed by atoms with Crippen LogP contribution in [0.2, 0.25) is 0 Å². The Hall–Kier alpha value is -2.13. The van der Waals surface area contributed by atoms with Crippen molar-refractivity contribution in [2.45, 2.75) is 19.0 Å². The van der Waals surface area contributed by atoms with E-state index in [1.54, 1.807) is 0 Å². The highest BCUT2D eigenvalue weighted by molar-refractivity contribution is 5.78. The van der Waals surface area contributed by atoms with Gasteiger partial charge in [-0.15, -0.1) is 0 Å². The smallest absolute Gasteiger partial charge is 0.0690 e. The molecule has 0 radical (unpaired) electrons. The molecule has 0 aliphatic carbocycles. The van der Waals surface area contributed by atoms with Gasteiger partial charge in [0.15, 0.2) is 0 Å². The van der Waals surface area contributed by atoms with Crippen molar-refractivity contribution in [1.29, 1.82) is 0 Å². The third-order valence-electron chi connectivity index (χ3n) is 3.59. The van der Waals surface area contributed by atoms with Crippen molar-refractivity contribution in [3.05, 3.63) is 66.4 Å². The highest BCUT2D eigenvalue weighted by Crippen LogP contribution is 2.26. The lowest BCUT2D eigenvalue weighted by molar-refractivity contribution is 0.426. The largest absolute Gasteiger partial charge is 0.322 e. The maximum atomic E-state index is 6.36. The summed E-state index contributed by atoms with van der Waals surface area (Å²) in [6.45, 7) is 2.11. The molecular weight excluding hydrogens is 234 g/mol. The van der Waals surface area contributed by atoms with Gasteiger partial charge in [0.1, 0.15) is 0 Å². The highest BCUT2D eigenvalue weighted by Gasteiger charge is 2.18. The molecule has 96 valence electrons. The lowest BCUT2D eigenvalue weighted by atomic mass is 10.0. The molecule has 1 aromatic heterocycles. The first-order chi connectivity index (χ1) is 9.27. The number of nitrogens with two attached hydrogens (primary N) is 1. The molecule has 3 aromatic rings. The molecule has 0 bridgehead atoms. The molecule has 0 aliphatic rings. The predicted octanol–water partition coefficient (Wildman–Crippen LogP) is 3.30. The maximum absolute atomic E-state index is 6.36. The molecule has 0 saturated heterocycles. The van der Waals surface area contributed by atoms with Gasteiger partial charge in [0.2, 0.25) is 0 Å². The minimum Gasteiger partial charge on any atom is -0.322 e. The molecular formula is C16H17N3. The van der Waals surface area contributed by atoms with Crippen molar-refractivity contribution >= 4 is 10.9 Å². The Morgan fingerprint density at radius 2 is 1.68 bits per heavy atom. The lowest BCUT2D eigenvalue weighted by Gasteiger charge is -2.21. The average molecular weight is 251 g/mol. The number of fused-ring (bicyclic) bond motifs is 1. The van der Waals surface area contributed by atoms with Crippen molar-refractivity contribution in [1.82, 2.24) is 9.78 Å². The average Bonchev–Trinajstić information content (AvgIpc) is 2.90. The molecule has 3 nitrogen and oxygen atoms in total. The lowest BCUT2D eigenvalue weighted by Crippen LogP contribution is -2.23. The first kappa shape index (κ1) is 11.9. The fourth-order valence-electron chi connectivity index (χ4n) is 2.42. The maximum Gasteiger partial charge on any atom is 0.0690 e. The Morgan fingerprint density at radius 3 is 2.47 bits per heavy atom. The third kappa shape index (κ3) is 2.13. The van der Waals surface area contributed by atoms with Gasteiger partial charge in [-0.25, -0.2) is 0 Å². The second kappa shape index (κ2) is 4.86. The Labute approximate surface area is 112 Å². The monoisotopic (exact) mass is 251 g/mol. The van der Waals surface area contributed by atoms with Crippen LogP contribution in [0.4, 0.5) is 0 Å². The summed E-state index contributed by atoms with van der Waals surface area (Å²) in [6.07, 6.45) is 1.89. The topological polar surface area (TPSA) is 43.8 Å². The van der Waals surface area contributed by atoms with Crippen molar-refractivity contribution in [2.75, 3.05) is 0 Å². The van der Waals surface area contributed by atoms with Crippen LogP contribution in [-0.4, -0.2) is 9.78 Å². The van der Waals surface area contributed by atoms with Crippen LogP contribution >= 0.6 is 0 Å². The van der Waals surface area contributed by atoms with Gasteiger partial charge in [-0.05, 0) is 18.6 Å². The molecule has 2 N–H and O–H groups in total. The van der Waals surface area contributed by atoms with E-state index in [-0.39, 0.29) is 12.1 Å². The molecule has 0 aliphatic heterocycles. The molecule has 19 heavy (non-hydrogen) atoms. The van der Waals surface area contributed by atoms with Gasteiger partial charge in [0.25, 0.3) is 0 Å². The van der Waals surface area contributed by atoms with Crippen LogP contribution in [0.5, 0.6) is 0 Å². The van der Waals surface area contributed by atoms with Gasteiger partial charge in [-0.1, -0.05) is 48.5 Å². The van der Waals surface area contributed by atoms with Crippen LogP contribution in [0.1, 0.15) is 24.6 Å². The molecule has 2 aromatic carbocycles. The summed E-state index contributed by atoms with van der Waals surface area (Å²) in [5.74, 6) is 0. The fourth-order valence-corrected chi connectivity index (χ4v) is 2.42. The number of nitrogens with zero attached hydrogens (tertiary/aromatic N) is 2. The Morgan fingerprint density at radius 1 is 1.00 bits per heavy atom. The molecule has 2 atom stereocenters. The Bertz CT molecular complexity index is 673. The van der Waals surface area contributed by atoms with E-state index in [9.17, 15) is 0 Å². The van der Waals surface area contributed by atoms with Crippen molar-refractivity contribution in [3.8, 4) is 0 Å². The number of hydrogen-bond acceptors (Lipinski definition) is 2. The van der Waals surface area contributed by atoms with E-state index in [0.717, 1.165) is 16.5 Å². The first-order valence-electron chi connectivity index (χ1n) is 6.50. The molecule has 0 saturated carbocycles. The minimum absolute atomic E-state index is 0.0653. The number of aromatic nitrogens is 2. The molecule has 0 spiro atoms. The molecule has 3 heteroatoms. The van der Waals surface area contributed by atoms with Gasteiger partial charge in [-0.2, -0.15) is 5.10 Å². The second-order valence-corrected chi connectivity index (χ2v) is 4.83. The third-order valence-corrected chi connectivity index (χ3v) is 3.59. The normalized spacial score (nSPS) is 14.4. The van der Waals surface area contributed by atoms with Crippen LogP contribution in [0.25, 0.3) is 10.9 Å². The van der Waals surface area contributed by atoms with Gasteiger partial charge in [0.05, 0.1) is 23.8 Å². The standard InChI is InChI=1S/C16H17N3/c1-12(16(17)13-7-3-2-4-8-13)19-15-10-6-5-9-14(15)11-18-19/h2-12,16H,17H2,1H3. The first-order valence-corrected chi connectivity index (χ1v) is 6.50. The summed E-state index contributed by atoms with van der Waals surface area (Å²) in [4.78, 5) is 0. The summed E-state index contributed by atoms with van der Waals surface area (Å²) in [7, 11) is 0. The van der Waals surface area contributed by atoms with Crippen molar-refractivity contribution in [2.24, 2.45) is 5.73 Å². The Kier molecular flexibility index (Phi) is 3.05. The summed E-state index contributed by atoms with van der Waals surface area (Å²) in [5.41, 5.74) is 8.62. The summed E-state index contributed by atoms with van der Waals surface area (Å²) < 4.78 is 2.01. The molecule has 0 fully saturated rings. The number of rotatable bonds is 3. The Balaban J connectivity index is 1.98. The van der Waals surface area contributed by atoms with E-state index in [1.165, 1.54) is 0 Å². The quantitative estimate of drug-likeness (QED) is 0.776.